The Kier molecular flexibility index (Phi) is 61.2. The third-order valence-corrected chi connectivity index (χ3v) is 27.3. The van der Waals surface area contributed by atoms with E-state index in [1.807, 2.05) is 73.7 Å². The van der Waals surface area contributed by atoms with Crippen LogP contribution >= 0.6 is 27.5 Å². The first-order valence-corrected chi connectivity index (χ1v) is 51.9. The van der Waals surface area contributed by atoms with Crippen LogP contribution in [0.3, 0.4) is 0 Å². The van der Waals surface area contributed by atoms with Crippen LogP contribution in [-0.4, -0.2) is 38.1 Å². The number of hydrogen-bond acceptors (Lipinski definition) is 6. The number of aromatic hydroxyl groups is 2. The molecule has 3 fully saturated rings. The summed E-state index contributed by atoms with van der Waals surface area (Å²) in [6, 6.07) is 63.8. The maximum atomic E-state index is 9.53. The van der Waals surface area contributed by atoms with Crippen LogP contribution in [0.25, 0.3) is 0 Å². The standard InChI is InChI=1S/C13H20O.C12H17BrO.C12H18O2.C12H18O.2C12H16.C11H15Cl.C11H16O.C10H20.C9H18.C7H16/c1-4-14-13-9-7-12(8-10-13)6-5-11(2)3;1-9(2)4-5-10-8-11(13)6-7-12(10)14-3;1-9(2)4-5-10-6-7-12(14-3)11(13)8-10;1-10(2)4-5-11-6-8-12(13-3)9-7-11;1-9(2)12-7-10-5-3-4-6-11(10)8-12;1-9(2)11-8-12(11)10-6-4-3-5-7-10;1-9(2)7-8-10-5-3-4-6-11(10)12;1-9(2)3-4-10-5-7-11(12)8-6-10;1-9(2)10(3)7-5-4-6-8-10;1-8(2)9-6-4-3-5-7-9;1-6(2)7(3,4)5/h7-11H,4-6H2,1-3H3;6-9H,4-5H2,1-3H3;6-9,13H,4-5H2,1-3H3;6-10H,4-5H2,1-3H3;3-6,9,12H,7-8H2,1-2H3;3-7,9,11-12H,8H2,1-2H3;3-6,9H,7-8H2,1-2H3;5-9,12H,3-4H2,1-2H3;9H,4-8H2,1-3H3;8-9H,3-7H2,1-2H3;6H,1-5H3/t;;;;;11-,12+;;;;;/m.....1...../s1. The van der Waals surface area contributed by atoms with E-state index in [0.717, 1.165) is 154 Å². The second-order valence-corrected chi connectivity index (χ2v) is 43.9. The lowest BCUT2D eigenvalue weighted by Gasteiger charge is -2.37. The smallest absolute Gasteiger partial charge is 0.160 e. The van der Waals surface area contributed by atoms with Gasteiger partial charge < -0.3 is 29.2 Å². The fourth-order valence-corrected chi connectivity index (χ4v) is 16.1. The Morgan fingerprint density at radius 1 is 0.411 bits per heavy atom. The highest BCUT2D eigenvalue weighted by Crippen LogP contribution is 2.51. The Labute approximate surface area is 808 Å². The van der Waals surface area contributed by atoms with E-state index in [-0.39, 0.29) is 5.75 Å². The highest BCUT2D eigenvalue weighted by molar-refractivity contribution is 9.10. The molecule has 4 aliphatic rings. The van der Waals surface area contributed by atoms with Crippen molar-refractivity contribution in [2.24, 2.45) is 93.7 Å². The molecule has 12 rings (SSSR count). The van der Waals surface area contributed by atoms with Crippen LogP contribution in [0.15, 0.2) is 193 Å². The Morgan fingerprint density at radius 2 is 0.806 bits per heavy atom. The molecule has 0 bridgehead atoms. The number of ether oxygens (including phenoxy) is 4. The van der Waals surface area contributed by atoms with E-state index < -0.39 is 0 Å². The van der Waals surface area contributed by atoms with Crippen LogP contribution in [0.5, 0.6) is 34.5 Å². The number of halogens is 2. The third kappa shape index (κ3) is 54.3. The zero-order chi connectivity index (χ0) is 96.6. The van der Waals surface area contributed by atoms with E-state index in [1.54, 1.807) is 50.7 Å². The summed E-state index contributed by atoms with van der Waals surface area (Å²) in [5, 5.41) is 19.5. The molecule has 6 nitrogen and oxygen atoms in total. The Balaban J connectivity index is 0.000000482. The summed E-state index contributed by atoms with van der Waals surface area (Å²) >= 11 is 9.48. The molecule has 129 heavy (non-hydrogen) atoms. The normalized spacial score (nSPS) is 14.9. The average molecular weight is 1860 g/mol. The van der Waals surface area contributed by atoms with Gasteiger partial charge in [0.2, 0.25) is 0 Å². The predicted octanol–water partition coefficient (Wildman–Crippen LogP) is 36.9. The summed E-state index contributed by atoms with van der Waals surface area (Å²) in [6.07, 6.45) is 32.7. The van der Waals surface area contributed by atoms with E-state index in [1.165, 1.54) is 162 Å². The molecule has 724 valence electrons. The van der Waals surface area contributed by atoms with E-state index in [0.29, 0.717) is 28.2 Å². The van der Waals surface area contributed by atoms with E-state index in [4.69, 9.17) is 35.7 Å². The molecule has 0 aromatic heterocycles. The summed E-state index contributed by atoms with van der Waals surface area (Å²) in [5.41, 5.74) is 13.7. The molecule has 8 aromatic carbocycles. The second-order valence-electron chi connectivity index (χ2n) is 42.6. The van der Waals surface area contributed by atoms with Crippen LogP contribution in [-0.2, 0) is 51.4 Å². The molecule has 8 heteroatoms. The zero-order valence-corrected chi connectivity index (χ0v) is 90.1. The van der Waals surface area contributed by atoms with Gasteiger partial charge in [0.05, 0.1) is 27.9 Å². The van der Waals surface area contributed by atoms with Crippen molar-refractivity contribution < 1.29 is 29.2 Å². The van der Waals surface area contributed by atoms with Gasteiger partial charge in [-0.3, -0.25) is 0 Å². The third-order valence-electron chi connectivity index (χ3n) is 26.5. The quantitative estimate of drug-likeness (QED) is 0.0509. The molecule has 8 aromatic rings. The Bertz CT molecular complexity index is 4020. The van der Waals surface area contributed by atoms with E-state index >= 15 is 0 Å². The topological polar surface area (TPSA) is 77.4 Å². The zero-order valence-electron chi connectivity index (χ0n) is 87.7. The number of fused-ring (bicyclic) bond motifs is 1. The molecule has 0 aliphatic heterocycles. The number of benzene rings is 8. The maximum Gasteiger partial charge on any atom is 0.160 e. The molecule has 4 aliphatic carbocycles. The first kappa shape index (κ1) is 118. The van der Waals surface area contributed by atoms with Gasteiger partial charge in [0, 0.05) is 9.50 Å². The van der Waals surface area contributed by atoms with Gasteiger partial charge in [0.1, 0.15) is 23.0 Å². The van der Waals surface area contributed by atoms with Gasteiger partial charge in [-0.2, -0.15) is 0 Å². The highest BCUT2D eigenvalue weighted by atomic mass is 79.9. The molecule has 0 unspecified atom stereocenters. The van der Waals surface area contributed by atoms with Crippen molar-refractivity contribution in [2.45, 2.75) is 353 Å². The van der Waals surface area contributed by atoms with Crippen molar-refractivity contribution in [3.05, 3.63) is 248 Å². The Morgan fingerprint density at radius 3 is 1.19 bits per heavy atom. The van der Waals surface area contributed by atoms with Gasteiger partial charge >= 0.3 is 0 Å². The second kappa shape index (κ2) is 66.7. The van der Waals surface area contributed by atoms with Crippen LogP contribution in [0.4, 0.5) is 0 Å². The summed E-state index contributed by atoms with van der Waals surface area (Å²) in [7, 11) is 4.98. The highest BCUT2D eigenvalue weighted by Gasteiger charge is 2.40. The summed E-state index contributed by atoms with van der Waals surface area (Å²) in [6.45, 7) is 62.1. The first-order chi connectivity index (χ1) is 61.0. The number of phenols is 2. The summed E-state index contributed by atoms with van der Waals surface area (Å²) < 4.78 is 21.9. The molecule has 0 saturated heterocycles. The minimum atomic E-state index is 0.230. The lowest BCUT2D eigenvalue weighted by atomic mass is 9.69. The minimum Gasteiger partial charge on any atom is -0.508 e. The molecular weight excluding hydrogens is 1660 g/mol. The number of phenolic OH excluding ortho intramolecular Hbond substituents is 2. The van der Waals surface area contributed by atoms with Crippen molar-refractivity contribution in [1.82, 2.24) is 0 Å². The molecule has 2 N–H and O–H groups in total. The fourth-order valence-electron chi connectivity index (χ4n) is 15.5. The number of methoxy groups -OCH3 is 3. The molecule has 0 radical (unpaired) electrons. The predicted molar refractivity (Wildman–Crippen MR) is 571 cm³/mol. The maximum absolute atomic E-state index is 9.53. The number of hydrogen-bond donors (Lipinski definition) is 2. The van der Waals surface area contributed by atoms with E-state index in [2.05, 4.69) is 299 Å². The molecular formula is C121H190BrClO6. The average Bonchev–Trinajstić information content (AvgIpc) is 1.64. The van der Waals surface area contributed by atoms with E-state index in [9.17, 15) is 5.11 Å². The molecule has 0 heterocycles. The van der Waals surface area contributed by atoms with Gasteiger partial charge in [-0.05, 0) is 339 Å². The van der Waals surface area contributed by atoms with Crippen molar-refractivity contribution in [3.8, 4) is 34.5 Å². The van der Waals surface area contributed by atoms with Gasteiger partial charge in [0.25, 0.3) is 0 Å². The van der Waals surface area contributed by atoms with Crippen molar-refractivity contribution in [1.29, 1.82) is 0 Å². The molecule has 0 amide bonds. The summed E-state index contributed by atoms with van der Waals surface area (Å²) in [4.78, 5) is 0. The van der Waals surface area contributed by atoms with Crippen LogP contribution in [0.2, 0.25) is 5.02 Å². The fraction of sp³-hybridized carbons (Fsp3) is 0.603. The monoisotopic (exact) mass is 1850 g/mol. The van der Waals surface area contributed by atoms with Crippen LogP contribution in [0, 0.1) is 93.7 Å². The van der Waals surface area contributed by atoms with Crippen LogP contribution < -0.4 is 18.9 Å². The molecule has 2 atom stereocenters. The van der Waals surface area contributed by atoms with Crippen molar-refractivity contribution in [2.75, 3.05) is 27.9 Å². The van der Waals surface area contributed by atoms with Crippen LogP contribution in [0.1, 0.15) is 352 Å². The van der Waals surface area contributed by atoms with Crippen molar-refractivity contribution in [3.63, 3.8) is 0 Å². The molecule has 3 saturated carbocycles. The van der Waals surface area contributed by atoms with Gasteiger partial charge in [-0.1, -0.05) is 374 Å². The number of aryl methyl sites for hydroxylation is 6. The first-order valence-electron chi connectivity index (χ1n) is 50.7. The van der Waals surface area contributed by atoms with Crippen molar-refractivity contribution >= 4 is 27.5 Å². The van der Waals surface area contributed by atoms with Gasteiger partial charge in [-0.25, -0.2) is 0 Å². The lowest BCUT2D eigenvalue weighted by molar-refractivity contribution is 0.143. The minimum absolute atomic E-state index is 0.230. The Hall–Kier alpha value is -6.67. The lowest BCUT2D eigenvalue weighted by Crippen LogP contribution is -2.25. The van der Waals surface area contributed by atoms with Gasteiger partial charge in [0.15, 0.2) is 11.5 Å². The summed E-state index contributed by atoms with van der Waals surface area (Å²) in [5.74, 6) is 16.6. The van der Waals surface area contributed by atoms with Gasteiger partial charge in [-0.15, -0.1) is 0 Å². The SMILES string of the molecule is CC(C)C(C)(C)C.CC(C)C1(C)CCCCC1.CC(C)C1CCCCC1.CC(C)C1Cc2ccccc2C1.CC(C)CCc1ccc(O)cc1.CC(C)CCc1ccccc1Cl.CC(C)[C@H]1C[C@H]1c1ccccc1.CCOc1ccc(CCC(C)C)cc1.COc1ccc(Br)cc1CCC(C)C.COc1ccc(CCC(C)C)cc1.COc1ccc(CCC(C)C)cc1O. The molecule has 0 spiro atoms. The number of rotatable bonds is 28. The largest absolute Gasteiger partial charge is 0.508 e.